The third-order valence-corrected chi connectivity index (χ3v) is 3.09. The van der Waals surface area contributed by atoms with Crippen LogP contribution in [-0.2, 0) is 11.2 Å². The van der Waals surface area contributed by atoms with Gasteiger partial charge in [-0.25, -0.2) is 0 Å². The first kappa shape index (κ1) is 13.6. The van der Waals surface area contributed by atoms with Gasteiger partial charge in [-0.05, 0) is 44.4 Å². The van der Waals surface area contributed by atoms with Crippen LogP contribution in [0.25, 0.3) is 0 Å². The van der Waals surface area contributed by atoms with Crippen LogP contribution in [0.2, 0.25) is 0 Å². The number of hydrogen-bond donors (Lipinski definition) is 1. The molecule has 0 radical (unpaired) electrons. The molecule has 0 saturated heterocycles. The Bertz CT molecular complexity index is 384. The molecular weight excluding hydrogens is 212 g/mol. The summed E-state index contributed by atoms with van der Waals surface area (Å²) in [7, 11) is 0. The topological polar surface area (TPSA) is 46.3 Å². The normalized spacial score (nSPS) is 10.3. The number of carbonyl (C=O) groups excluding carboxylic acids is 1. The molecule has 0 aliphatic rings. The second-order valence-electron chi connectivity index (χ2n) is 4.26. The van der Waals surface area contributed by atoms with Crippen LogP contribution >= 0.6 is 0 Å². The monoisotopic (exact) mass is 234 g/mol. The largest absolute Gasteiger partial charge is 0.399 e. The third kappa shape index (κ3) is 3.77. The molecule has 0 atom stereocenters. The molecule has 3 nitrogen and oxygen atoms in total. The van der Waals surface area contributed by atoms with Crippen LogP contribution in [0.3, 0.4) is 0 Å². The van der Waals surface area contributed by atoms with E-state index in [1.165, 1.54) is 0 Å². The molecule has 0 fully saturated rings. The fourth-order valence-corrected chi connectivity index (χ4v) is 1.83. The van der Waals surface area contributed by atoms with E-state index in [2.05, 4.69) is 0 Å². The van der Waals surface area contributed by atoms with Gasteiger partial charge in [0.1, 0.15) is 0 Å². The predicted octanol–water partition coefficient (Wildman–Crippen LogP) is 2.38. The van der Waals surface area contributed by atoms with Crippen molar-refractivity contribution in [3.63, 3.8) is 0 Å². The van der Waals surface area contributed by atoms with Crippen LogP contribution in [0.15, 0.2) is 18.2 Å². The molecule has 2 N–H and O–H groups in total. The molecule has 0 aliphatic heterocycles. The number of nitrogens with two attached hydrogens (primary N) is 1. The lowest BCUT2D eigenvalue weighted by Crippen LogP contribution is -2.30. The molecule has 1 amide bonds. The van der Waals surface area contributed by atoms with E-state index in [1.807, 2.05) is 43.9 Å². The molecule has 0 bridgehead atoms. The highest BCUT2D eigenvalue weighted by Gasteiger charge is 2.09. The van der Waals surface area contributed by atoms with Crippen LogP contribution in [-0.4, -0.2) is 23.9 Å². The average Bonchev–Trinajstić information content (AvgIpc) is 2.32. The molecule has 1 rings (SSSR count). The Kier molecular flexibility index (Phi) is 5.01. The second kappa shape index (κ2) is 6.28. The number of hydrogen-bond acceptors (Lipinski definition) is 2. The fraction of sp³-hybridized carbons (Fsp3) is 0.500. The summed E-state index contributed by atoms with van der Waals surface area (Å²) in [5.41, 5.74) is 8.87. The zero-order valence-corrected chi connectivity index (χ0v) is 11.0. The lowest BCUT2D eigenvalue weighted by atomic mass is 10.1. The minimum Gasteiger partial charge on any atom is -0.399 e. The van der Waals surface area contributed by atoms with Gasteiger partial charge in [-0.2, -0.15) is 0 Å². The number of nitrogen functional groups attached to an aromatic ring is 1. The van der Waals surface area contributed by atoms with Crippen molar-refractivity contribution < 1.29 is 4.79 Å². The number of rotatable bonds is 5. The van der Waals surface area contributed by atoms with Gasteiger partial charge < -0.3 is 10.6 Å². The summed E-state index contributed by atoms with van der Waals surface area (Å²) >= 11 is 0. The maximum Gasteiger partial charge on any atom is 0.222 e. The van der Waals surface area contributed by atoms with Crippen LogP contribution in [0.1, 0.15) is 31.4 Å². The Labute approximate surface area is 104 Å². The summed E-state index contributed by atoms with van der Waals surface area (Å²) in [6.45, 7) is 7.56. The quantitative estimate of drug-likeness (QED) is 0.795. The van der Waals surface area contributed by atoms with Crippen molar-refractivity contribution in [1.29, 1.82) is 0 Å². The van der Waals surface area contributed by atoms with E-state index in [1.54, 1.807) is 0 Å². The van der Waals surface area contributed by atoms with Crippen molar-refractivity contribution in [2.24, 2.45) is 0 Å². The van der Waals surface area contributed by atoms with E-state index in [0.29, 0.717) is 6.42 Å². The number of nitrogens with zero attached hydrogens (tertiary/aromatic N) is 1. The van der Waals surface area contributed by atoms with E-state index < -0.39 is 0 Å². The van der Waals surface area contributed by atoms with Crippen LogP contribution in [0.4, 0.5) is 5.69 Å². The minimum atomic E-state index is 0.217. The minimum absolute atomic E-state index is 0.217. The van der Waals surface area contributed by atoms with Crippen LogP contribution in [0, 0.1) is 6.92 Å². The zero-order valence-electron chi connectivity index (χ0n) is 11.0. The van der Waals surface area contributed by atoms with E-state index >= 15 is 0 Å². The molecule has 17 heavy (non-hydrogen) atoms. The highest BCUT2D eigenvalue weighted by Crippen LogP contribution is 2.14. The van der Waals surface area contributed by atoms with Crippen LogP contribution < -0.4 is 5.73 Å². The molecule has 0 heterocycles. The summed E-state index contributed by atoms with van der Waals surface area (Å²) in [5.74, 6) is 0.217. The number of benzene rings is 1. The van der Waals surface area contributed by atoms with Crippen molar-refractivity contribution in [3.8, 4) is 0 Å². The van der Waals surface area contributed by atoms with E-state index in [9.17, 15) is 4.79 Å². The van der Waals surface area contributed by atoms with E-state index in [4.69, 9.17) is 5.73 Å². The Balaban J connectivity index is 2.55. The SMILES string of the molecule is CCN(CC)C(=O)CCc1ccc(C)c(N)c1. The Morgan fingerprint density at radius 3 is 2.47 bits per heavy atom. The molecule has 0 spiro atoms. The Morgan fingerprint density at radius 2 is 1.94 bits per heavy atom. The number of amides is 1. The smallest absolute Gasteiger partial charge is 0.222 e. The molecule has 94 valence electrons. The number of anilines is 1. The van der Waals surface area contributed by atoms with Gasteiger partial charge in [0.05, 0.1) is 0 Å². The van der Waals surface area contributed by atoms with Gasteiger partial charge in [-0.1, -0.05) is 12.1 Å². The van der Waals surface area contributed by atoms with Gasteiger partial charge in [-0.15, -0.1) is 0 Å². The van der Waals surface area contributed by atoms with Gasteiger partial charge in [0.25, 0.3) is 0 Å². The van der Waals surface area contributed by atoms with Gasteiger partial charge >= 0.3 is 0 Å². The molecule has 1 aromatic rings. The first-order chi connectivity index (χ1) is 8.08. The maximum absolute atomic E-state index is 11.8. The fourth-order valence-electron chi connectivity index (χ4n) is 1.83. The molecule has 0 aliphatic carbocycles. The second-order valence-corrected chi connectivity index (χ2v) is 4.26. The highest BCUT2D eigenvalue weighted by atomic mass is 16.2. The van der Waals surface area contributed by atoms with Gasteiger partial charge in [0.2, 0.25) is 5.91 Å². The van der Waals surface area contributed by atoms with Crippen molar-refractivity contribution in [1.82, 2.24) is 4.90 Å². The molecule has 0 aromatic heterocycles. The summed E-state index contributed by atoms with van der Waals surface area (Å²) in [4.78, 5) is 13.7. The molecule has 0 unspecified atom stereocenters. The maximum atomic E-state index is 11.8. The Morgan fingerprint density at radius 1 is 1.29 bits per heavy atom. The van der Waals surface area contributed by atoms with E-state index in [0.717, 1.165) is 36.3 Å². The molecule has 1 aromatic carbocycles. The number of carbonyl (C=O) groups is 1. The molecule has 3 heteroatoms. The molecule has 0 saturated carbocycles. The van der Waals surface area contributed by atoms with Crippen molar-refractivity contribution in [3.05, 3.63) is 29.3 Å². The standard InChI is InChI=1S/C14H22N2O/c1-4-16(5-2)14(17)9-8-12-7-6-11(3)13(15)10-12/h6-7,10H,4-5,8-9,15H2,1-3H3. The van der Waals surface area contributed by atoms with Gasteiger partial charge in [0.15, 0.2) is 0 Å². The highest BCUT2D eigenvalue weighted by molar-refractivity contribution is 5.76. The van der Waals surface area contributed by atoms with Crippen molar-refractivity contribution >= 4 is 11.6 Å². The third-order valence-electron chi connectivity index (χ3n) is 3.09. The summed E-state index contributed by atoms with van der Waals surface area (Å²) in [6.07, 6.45) is 1.32. The lowest BCUT2D eigenvalue weighted by Gasteiger charge is -2.18. The number of aryl methyl sites for hydroxylation is 2. The summed E-state index contributed by atoms with van der Waals surface area (Å²) in [6, 6.07) is 6.01. The summed E-state index contributed by atoms with van der Waals surface area (Å²) < 4.78 is 0. The van der Waals surface area contributed by atoms with Crippen molar-refractivity contribution in [2.75, 3.05) is 18.8 Å². The average molecular weight is 234 g/mol. The van der Waals surface area contributed by atoms with Crippen LogP contribution in [0.5, 0.6) is 0 Å². The van der Waals surface area contributed by atoms with Crippen molar-refractivity contribution in [2.45, 2.75) is 33.6 Å². The lowest BCUT2D eigenvalue weighted by molar-refractivity contribution is -0.130. The van der Waals surface area contributed by atoms with Gasteiger partial charge in [-0.3, -0.25) is 4.79 Å². The zero-order chi connectivity index (χ0) is 12.8. The predicted molar refractivity (Wildman–Crippen MR) is 71.8 cm³/mol. The first-order valence-corrected chi connectivity index (χ1v) is 6.21. The van der Waals surface area contributed by atoms with E-state index in [-0.39, 0.29) is 5.91 Å². The van der Waals surface area contributed by atoms with Gasteiger partial charge in [0, 0.05) is 25.2 Å². The molecular formula is C14H22N2O. The first-order valence-electron chi connectivity index (χ1n) is 6.21. The summed E-state index contributed by atoms with van der Waals surface area (Å²) in [5, 5.41) is 0. The Hall–Kier alpha value is -1.51.